The highest BCUT2D eigenvalue weighted by Crippen LogP contribution is 2.20. The van der Waals surface area contributed by atoms with Gasteiger partial charge in [-0.3, -0.25) is 19.5 Å². The molecule has 0 saturated carbocycles. The fourth-order valence-electron chi connectivity index (χ4n) is 2.82. The van der Waals surface area contributed by atoms with E-state index in [2.05, 4.69) is 15.6 Å². The minimum Gasteiger partial charge on any atom is -0.356 e. The van der Waals surface area contributed by atoms with Crippen LogP contribution in [-0.4, -0.2) is 40.3 Å². The van der Waals surface area contributed by atoms with Crippen LogP contribution < -0.4 is 10.6 Å². The van der Waals surface area contributed by atoms with Crippen molar-refractivity contribution in [2.45, 2.75) is 25.4 Å². The Hall–Kier alpha value is -2.93. The van der Waals surface area contributed by atoms with Gasteiger partial charge >= 0.3 is 6.03 Å². The molecule has 27 heavy (non-hydrogen) atoms. The number of halogens is 1. The molecule has 8 heteroatoms. The van der Waals surface area contributed by atoms with E-state index in [9.17, 15) is 14.4 Å². The Morgan fingerprint density at radius 1 is 1.19 bits per heavy atom. The monoisotopic (exact) mass is 386 g/mol. The zero-order chi connectivity index (χ0) is 19.2. The van der Waals surface area contributed by atoms with E-state index >= 15 is 0 Å². The number of nitrogens with one attached hydrogen (secondary N) is 2. The van der Waals surface area contributed by atoms with Crippen molar-refractivity contribution in [1.82, 2.24) is 20.5 Å². The molecule has 1 aromatic heterocycles. The van der Waals surface area contributed by atoms with E-state index in [-0.39, 0.29) is 18.9 Å². The first-order chi connectivity index (χ1) is 13.0. The Balaban J connectivity index is 1.50. The summed E-state index contributed by atoms with van der Waals surface area (Å²) in [6.07, 6.45) is 3.95. The fourth-order valence-corrected chi connectivity index (χ4v) is 3.01. The number of nitrogens with zero attached hydrogens (tertiary/aromatic N) is 2. The molecule has 7 nitrogen and oxygen atoms in total. The maximum absolute atomic E-state index is 12.5. The first-order valence-electron chi connectivity index (χ1n) is 8.55. The number of hydrogen-bond acceptors (Lipinski definition) is 4. The highest BCUT2D eigenvalue weighted by atomic mass is 35.5. The van der Waals surface area contributed by atoms with Gasteiger partial charge < -0.3 is 10.6 Å². The molecule has 0 bridgehead atoms. The van der Waals surface area contributed by atoms with Crippen molar-refractivity contribution in [1.29, 1.82) is 0 Å². The molecule has 0 aliphatic carbocycles. The molecule has 1 aliphatic rings. The summed E-state index contributed by atoms with van der Waals surface area (Å²) in [5.74, 6) is -0.716. The van der Waals surface area contributed by atoms with Crippen LogP contribution in [0, 0.1) is 0 Å². The van der Waals surface area contributed by atoms with Crippen LogP contribution in [-0.2, 0) is 22.6 Å². The summed E-state index contributed by atoms with van der Waals surface area (Å²) in [6, 6.07) is 9.38. The number of benzene rings is 1. The Kier molecular flexibility index (Phi) is 6.03. The van der Waals surface area contributed by atoms with Crippen LogP contribution in [0.2, 0.25) is 5.02 Å². The number of urea groups is 1. The predicted octanol–water partition coefficient (Wildman–Crippen LogP) is 1.90. The zero-order valence-electron chi connectivity index (χ0n) is 14.5. The SMILES string of the molecule is O=C(C[C@H]1NC(=O)N(Cc2ccccc2Cl)C1=O)NCCc1ccncc1. The van der Waals surface area contributed by atoms with Crippen LogP contribution in [0.25, 0.3) is 0 Å². The molecule has 2 aromatic rings. The second-order valence-corrected chi connectivity index (χ2v) is 6.58. The summed E-state index contributed by atoms with van der Waals surface area (Å²) in [6.45, 7) is 0.519. The third-order valence-electron chi connectivity index (χ3n) is 4.27. The van der Waals surface area contributed by atoms with E-state index in [1.54, 1.807) is 36.7 Å². The molecule has 0 unspecified atom stereocenters. The number of aromatic nitrogens is 1. The van der Waals surface area contributed by atoms with Gasteiger partial charge in [-0.2, -0.15) is 0 Å². The van der Waals surface area contributed by atoms with Gasteiger partial charge in [0, 0.05) is 24.0 Å². The van der Waals surface area contributed by atoms with Crippen molar-refractivity contribution in [2.75, 3.05) is 6.54 Å². The first kappa shape index (κ1) is 18.8. The van der Waals surface area contributed by atoms with E-state index < -0.39 is 18.0 Å². The summed E-state index contributed by atoms with van der Waals surface area (Å²) < 4.78 is 0. The maximum atomic E-state index is 12.5. The third-order valence-corrected chi connectivity index (χ3v) is 4.64. The third kappa shape index (κ3) is 4.83. The van der Waals surface area contributed by atoms with Crippen molar-refractivity contribution >= 4 is 29.4 Å². The number of carbonyl (C=O) groups is 3. The minimum absolute atomic E-state index is 0.0739. The summed E-state index contributed by atoms with van der Waals surface area (Å²) in [5, 5.41) is 5.80. The summed E-state index contributed by atoms with van der Waals surface area (Å²) in [7, 11) is 0. The van der Waals surface area contributed by atoms with E-state index in [0.29, 0.717) is 23.6 Å². The van der Waals surface area contributed by atoms with Gasteiger partial charge in [0.1, 0.15) is 6.04 Å². The Labute approximate surface area is 161 Å². The maximum Gasteiger partial charge on any atom is 0.325 e. The lowest BCUT2D eigenvalue weighted by atomic mass is 10.1. The van der Waals surface area contributed by atoms with Gasteiger partial charge in [-0.15, -0.1) is 0 Å². The molecule has 1 fully saturated rings. The van der Waals surface area contributed by atoms with Gasteiger partial charge in [0.05, 0.1) is 13.0 Å². The van der Waals surface area contributed by atoms with Crippen molar-refractivity contribution in [3.05, 3.63) is 64.9 Å². The van der Waals surface area contributed by atoms with Crippen molar-refractivity contribution in [3.63, 3.8) is 0 Å². The van der Waals surface area contributed by atoms with Crippen LogP contribution in [0.3, 0.4) is 0 Å². The van der Waals surface area contributed by atoms with Gasteiger partial charge in [0.15, 0.2) is 0 Å². The summed E-state index contributed by atoms with van der Waals surface area (Å²) in [5.41, 5.74) is 1.73. The number of imide groups is 1. The highest BCUT2D eigenvalue weighted by Gasteiger charge is 2.39. The molecule has 1 aliphatic heterocycles. The van der Waals surface area contributed by atoms with Crippen LogP contribution in [0.5, 0.6) is 0 Å². The summed E-state index contributed by atoms with van der Waals surface area (Å²) in [4.78, 5) is 41.7. The van der Waals surface area contributed by atoms with Crippen molar-refractivity contribution < 1.29 is 14.4 Å². The topological polar surface area (TPSA) is 91.4 Å². The minimum atomic E-state index is -0.860. The predicted molar refractivity (Wildman–Crippen MR) is 99.9 cm³/mol. The Morgan fingerprint density at radius 3 is 2.67 bits per heavy atom. The van der Waals surface area contributed by atoms with Gasteiger partial charge in [0.2, 0.25) is 5.91 Å². The van der Waals surface area contributed by atoms with Gasteiger partial charge in [-0.1, -0.05) is 29.8 Å². The second kappa shape index (κ2) is 8.64. The molecule has 2 heterocycles. The molecule has 140 valence electrons. The highest BCUT2D eigenvalue weighted by molar-refractivity contribution is 6.31. The average Bonchev–Trinajstić information content (AvgIpc) is 2.91. The van der Waals surface area contributed by atoms with Crippen molar-refractivity contribution in [3.8, 4) is 0 Å². The number of pyridine rings is 1. The Bertz CT molecular complexity index is 844. The first-order valence-corrected chi connectivity index (χ1v) is 8.93. The van der Waals surface area contributed by atoms with E-state index in [1.807, 2.05) is 12.1 Å². The Morgan fingerprint density at radius 2 is 1.93 bits per heavy atom. The second-order valence-electron chi connectivity index (χ2n) is 6.18. The molecule has 2 N–H and O–H groups in total. The molecular formula is C19H19ClN4O3. The molecule has 0 spiro atoms. The average molecular weight is 387 g/mol. The van der Waals surface area contributed by atoms with Gasteiger partial charge in [0.25, 0.3) is 5.91 Å². The smallest absolute Gasteiger partial charge is 0.325 e. The van der Waals surface area contributed by atoms with Crippen molar-refractivity contribution in [2.24, 2.45) is 0 Å². The lowest BCUT2D eigenvalue weighted by Gasteiger charge is -2.14. The quantitative estimate of drug-likeness (QED) is 0.711. The van der Waals surface area contributed by atoms with E-state index in [4.69, 9.17) is 11.6 Å². The van der Waals surface area contributed by atoms with Crippen LogP contribution in [0.4, 0.5) is 4.79 Å². The largest absolute Gasteiger partial charge is 0.356 e. The van der Waals surface area contributed by atoms with E-state index in [0.717, 1.165) is 10.5 Å². The normalized spacial score (nSPS) is 16.3. The molecule has 4 amide bonds. The fraction of sp³-hybridized carbons (Fsp3) is 0.263. The molecule has 1 saturated heterocycles. The lowest BCUT2D eigenvalue weighted by molar-refractivity contribution is -0.131. The van der Waals surface area contributed by atoms with Crippen LogP contribution in [0.15, 0.2) is 48.8 Å². The number of rotatable bonds is 7. The zero-order valence-corrected chi connectivity index (χ0v) is 15.3. The van der Waals surface area contributed by atoms with Crippen LogP contribution >= 0.6 is 11.6 Å². The summed E-state index contributed by atoms with van der Waals surface area (Å²) >= 11 is 6.09. The van der Waals surface area contributed by atoms with Gasteiger partial charge in [-0.05, 0) is 35.7 Å². The molecule has 1 atom stereocenters. The number of carbonyl (C=O) groups excluding carboxylic acids is 3. The number of amides is 4. The van der Waals surface area contributed by atoms with E-state index in [1.165, 1.54) is 0 Å². The molecule has 0 radical (unpaired) electrons. The van der Waals surface area contributed by atoms with Gasteiger partial charge in [-0.25, -0.2) is 4.79 Å². The lowest BCUT2D eigenvalue weighted by Crippen LogP contribution is -2.37. The molecular weight excluding hydrogens is 368 g/mol. The molecule has 1 aromatic carbocycles. The number of hydrogen-bond donors (Lipinski definition) is 2. The molecule has 3 rings (SSSR count). The standard InChI is InChI=1S/C19H19ClN4O3/c20-15-4-2-1-3-14(15)12-24-18(26)16(23-19(24)27)11-17(25)22-10-7-13-5-8-21-9-6-13/h1-6,8-9,16H,7,10-12H2,(H,22,25)(H,23,27)/t16-/m1/s1. The van der Waals surface area contributed by atoms with Crippen LogP contribution in [0.1, 0.15) is 17.5 Å².